The first kappa shape index (κ1) is 16.7. The average Bonchev–Trinajstić information content (AvgIpc) is 3.22. The van der Waals surface area contributed by atoms with Crippen molar-refractivity contribution in [3.8, 4) is 0 Å². The van der Waals surface area contributed by atoms with E-state index in [9.17, 15) is 9.59 Å². The van der Waals surface area contributed by atoms with Crippen molar-refractivity contribution < 1.29 is 9.59 Å². The summed E-state index contributed by atoms with van der Waals surface area (Å²) < 4.78 is 4.09. The Balaban J connectivity index is 1.68. The molecule has 24 heavy (non-hydrogen) atoms. The number of nitrogens with one attached hydrogen (secondary N) is 1. The van der Waals surface area contributed by atoms with Crippen LogP contribution in [0.4, 0.5) is 5.69 Å². The minimum absolute atomic E-state index is 0.153. The predicted molar refractivity (Wildman–Crippen MR) is 94.3 cm³/mol. The molecule has 1 aromatic carbocycles. The van der Waals surface area contributed by atoms with Crippen LogP contribution in [0.15, 0.2) is 24.3 Å². The predicted octanol–water partition coefficient (Wildman–Crippen LogP) is 2.54. The van der Waals surface area contributed by atoms with E-state index < -0.39 is 0 Å². The van der Waals surface area contributed by atoms with E-state index in [1.54, 1.807) is 17.0 Å². The van der Waals surface area contributed by atoms with Gasteiger partial charge in [0.05, 0.1) is 5.69 Å². The second kappa shape index (κ2) is 7.19. The third-order valence-corrected chi connectivity index (χ3v) is 4.97. The summed E-state index contributed by atoms with van der Waals surface area (Å²) in [5.41, 5.74) is 7.20. The van der Waals surface area contributed by atoms with E-state index in [4.69, 9.17) is 17.3 Å². The number of nitrogens with two attached hydrogens (primary N) is 1. The van der Waals surface area contributed by atoms with Gasteiger partial charge < -0.3 is 16.0 Å². The van der Waals surface area contributed by atoms with Crippen molar-refractivity contribution in [1.29, 1.82) is 0 Å². The van der Waals surface area contributed by atoms with Crippen LogP contribution in [0, 0.1) is 0 Å². The van der Waals surface area contributed by atoms with Crippen molar-refractivity contribution in [3.05, 3.63) is 45.4 Å². The molecule has 8 heteroatoms. The van der Waals surface area contributed by atoms with E-state index in [1.807, 2.05) is 12.1 Å². The Kier molecular flexibility index (Phi) is 5.01. The molecule has 1 aliphatic rings. The van der Waals surface area contributed by atoms with Gasteiger partial charge in [0.25, 0.3) is 11.8 Å². The molecule has 2 aromatic rings. The third-order valence-electron chi connectivity index (χ3n) is 3.87. The maximum atomic E-state index is 12.4. The Morgan fingerprint density at radius 3 is 2.79 bits per heavy atom. The van der Waals surface area contributed by atoms with Crippen molar-refractivity contribution in [2.24, 2.45) is 0 Å². The van der Waals surface area contributed by atoms with E-state index in [-0.39, 0.29) is 28.1 Å². The molecule has 0 saturated carbocycles. The van der Waals surface area contributed by atoms with E-state index >= 15 is 0 Å². The highest BCUT2D eigenvalue weighted by Crippen LogP contribution is 2.24. The highest BCUT2D eigenvalue weighted by Gasteiger charge is 2.27. The topological polar surface area (TPSA) is 88.3 Å². The van der Waals surface area contributed by atoms with E-state index in [0.29, 0.717) is 24.7 Å². The van der Waals surface area contributed by atoms with E-state index in [0.717, 1.165) is 29.9 Å². The molecular weight excluding hydrogens is 348 g/mol. The second-order valence-electron chi connectivity index (χ2n) is 5.59. The molecule has 0 spiro atoms. The van der Waals surface area contributed by atoms with Crippen molar-refractivity contribution in [3.63, 3.8) is 0 Å². The Labute approximate surface area is 148 Å². The number of halogens is 1. The number of nitrogens with zero attached hydrogens (tertiary/aromatic N) is 2. The number of likely N-dealkylation sites (tertiary alicyclic amines) is 1. The Hall–Kier alpha value is -2.12. The largest absolute Gasteiger partial charge is 0.395 e. The van der Waals surface area contributed by atoms with Gasteiger partial charge in [-0.25, -0.2) is 0 Å². The fourth-order valence-corrected chi connectivity index (χ4v) is 3.52. The molecule has 126 valence electrons. The van der Waals surface area contributed by atoms with Gasteiger partial charge in [-0.15, -0.1) is 0 Å². The summed E-state index contributed by atoms with van der Waals surface area (Å²) in [6.07, 6.45) is 1.98. The average molecular weight is 365 g/mol. The number of benzene rings is 1. The van der Waals surface area contributed by atoms with Gasteiger partial charge in [0, 0.05) is 24.7 Å². The monoisotopic (exact) mass is 364 g/mol. The van der Waals surface area contributed by atoms with Crippen molar-refractivity contribution in [2.75, 3.05) is 18.8 Å². The van der Waals surface area contributed by atoms with Gasteiger partial charge in [0.15, 0.2) is 5.69 Å². The molecule has 0 radical (unpaired) electrons. The quantitative estimate of drug-likeness (QED) is 0.872. The fourth-order valence-electron chi connectivity index (χ4n) is 2.59. The third kappa shape index (κ3) is 3.52. The van der Waals surface area contributed by atoms with Gasteiger partial charge in [-0.1, -0.05) is 23.7 Å². The number of carbonyl (C=O) groups is 2. The van der Waals surface area contributed by atoms with Gasteiger partial charge in [0.2, 0.25) is 0 Å². The maximum absolute atomic E-state index is 12.4. The zero-order valence-electron chi connectivity index (χ0n) is 12.9. The van der Waals surface area contributed by atoms with Crippen molar-refractivity contribution in [1.82, 2.24) is 14.6 Å². The summed E-state index contributed by atoms with van der Waals surface area (Å²) in [6, 6.07) is 7.23. The van der Waals surface area contributed by atoms with Crippen molar-refractivity contribution >= 4 is 40.6 Å². The molecule has 0 unspecified atom stereocenters. The van der Waals surface area contributed by atoms with Crippen LogP contribution in [0.1, 0.15) is 38.6 Å². The summed E-state index contributed by atoms with van der Waals surface area (Å²) in [5, 5.41) is 3.38. The molecule has 1 aliphatic heterocycles. The molecule has 3 rings (SSSR count). The second-order valence-corrected chi connectivity index (χ2v) is 6.80. The van der Waals surface area contributed by atoms with Crippen LogP contribution in [0.5, 0.6) is 0 Å². The summed E-state index contributed by atoms with van der Waals surface area (Å²) in [7, 11) is 0. The Morgan fingerprint density at radius 1 is 1.33 bits per heavy atom. The van der Waals surface area contributed by atoms with Gasteiger partial charge >= 0.3 is 0 Å². The van der Waals surface area contributed by atoms with Crippen LogP contribution in [0.25, 0.3) is 0 Å². The zero-order chi connectivity index (χ0) is 17.1. The van der Waals surface area contributed by atoms with Gasteiger partial charge in [-0.3, -0.25) is 9.59 Å². The normalized spacial score (nSPS) is 14.0. The van der Waals surface area contributed by atoms with E-state index in [2.05, 4.69) is 9.69 Å². The SMILES string of the molecule is Nc1c(C(=O)N2CCCC2)nsc1C(=O)NCc1cccc(Cl)c1. The van der Waals surface area contributed by atoms with Crippen LogP contribution in [0.2, 0.25) is 5.02 Å². The van der Waals surface area contributed by atoms with Crippen molar-refractivity contribution in [2.45, 2.75) is 19.4 Å². The molecule has 1 saturated heterocycles. The minimum Gasteiger partial charge on any atom is -0.395 e. The molecule has 1 aromatic heterocycles. The van der Waals surface area contributed by atoms with Crippen LogP contribution in [-0.4, -0.2) is 34.2 Å². The molecule has 3 N–H and O–H groups in total. The Morgan fingerprint density at radius 2 is 2.08 bits per heavy atom. The number of amides is 2. The number of carbonyl (C=O) groups excluding carboxylic acids is 2. The number of rotatable bonds is 4. The lowest BCUT2D eigenvalue weighted by molar-refractivity contribution is 0.0789. The zero-order valence-corrected chi connectivity index (χ0v) is 14.5. The molecule has 0 bridgehead atoms. The molecule has 0 atom stereocenters. The lowest BCUT2D eigenvalue weighted by Crippen LogP contribution is -2.29. The van der Waals surface area contributed by atoms with E-state index in [1.165, 1.54) is 0 Å². The van der Waals surface area contributed by atoms with Gasteiger partial charge in [0.1, 0.15) is 4.88 Å². The van der Waals surface area contributed by atoms with Gasteiger partial charge in [-0.05, 0) is 42.1 Å². The lowest BCUT2D eigenvalue weighted by atomic mass is 10.2. The minimum atomic E-state index is -0.342. The first-order valence-corrected chi connectivity index (χ1v) is 8.78. The standard InChI is InChI=1S/C16H17ClN4O2S/c17-11-5-3-4-10(8-11)9-19-15(22)14-12(18)13(20-24-14)16(23)21-6-1-2-7-21/h3-5,8H,1-2,6-7,9,18H2,(H,19,22). The summed E-state index contributed by atoms with van der Waals surface area (Å²) >= 11 is 6.87. The highest BCUT2D eigenvalue weighted by molar-refractivity contribution is 7.09. The summed E-state index contributed by atoms with van der Waals surface area (Å²) in [4.78, 5) is 26.7. The number of hydrogen-bond donors (Lipinski definition) is 2. The highest BCUT2D eigenvalue weighted by atomic mass is 35.5. The van der Waals surface area contributed by atoms with Crippen LogP contribution in [-0.2, 0) is 6.54 Å². The first-order chi connectivity index (χ1) is 11.6. The molecule has 2 amide bonds. The fraction of sp³-hybridized carbons (Fsp3) is 0.312. The molecule has 1 fully saturated rings. The Bertz CT molecular complexity index is 771. The first-order valence-electron chi connectivity index (χ1n) is 7.63. The maximum Gasteiger partial charge on any atom is 0.275 e. The summed E-state index contributed by atoms with van der Waals surface area (Å²) in [6.45, 7) is 1.75. The molecular formula is C16H17ClN4O2S. The number of nitrogen functional groups attached to an aromatic ring is 1. The van der Waals surface area contributed by atoms with Crippen LogP contribution >= 0.6 is 23.1 Å². The van der Waals surface area contributed by atoms with Crippen LogP contribution < -0.4 is 11.1 Å². The van der Waals surface area contributed by atoms with Crippen LogP contribution in [0.3, 0.4) is 0 Å². The summed E-state index contributed by atoms with van der Waals surface area (Å²) in [5.74, 6) is -0.541. The molecule has 0 aliphatic carbocycles. The number of anilines is 1. The smallest absolute Gasteiger partial charge is 0.275 e. The number of aromatic nitrogens is 1. The number of hydrogen-bond acceptors (Lipinski definition) is 5. The lowest BCUT2D eigenvalue weighted by Gasteiger charge is -2.13. The molecule has 6 nitrogen and oxygen atoms in total. The van der Waals surface area contributed by atoms with Gasteiger partial charge in [-0.2, -0.15) is 4.37 Å². The molecule has 2 heterocycles.